The normalized spacial score (nSPS) is 10.2. The maximum atomic E-state index is 13.4. The number of hydrogen-bond acceptors (Lipinski definition) is 3. The lowest BCUT2D eigenvalue weighted by Gasteiger charge is -2.05. The van der Waals surface area contributed by atoms with Crippen LogP contribution in [-0.4, -0.2) is 16.1 Å². The van der Waals surface area contributed by atoms with E-state index < -0.39 is 11.7 Å². The minimum Gasteiger partial charge on any atom is -0.318 e. The first-order valence-corrected chi connectivity index (χ1v) is 5.99. The molecule has 1 aromatic heterocycles. The zero-order chi connectivity index (χ0) is 13.1. The van der Waals surface area contributed by atoms with Crippen LogP contribution in [-0.2, 0) is 0 Å². The number of halogens is 3. The highest BCUT2D eigenvalue weighted by molar-refractivity contribution is 9.10. The molecule has 0 saturated heterocycles. The first kappa shape index (κ1) is 12.9. The average molecular weight is 331 g/mol. The largest absolute Gasteiger partial charge is 0.318 e. The minimum absolute atomic E-state index is 0.0544. The summed E-state index contributed by atoms with van der Waals surface area (Å²) >= 11 is 8.74. The molecule has 1 amide bonds. The van der Waals surface area contributed by atoms with E-state index in [0.717, 1.165) is 0 Å². The number of carbonyl (C=O) groups excluding carboxylic acids is 1. The summed E-state index contributed by atoms with van der Waals surface area (Å²) in [6, 6.07) is 7.07. The predicted octanol–water partition coefficient (Wildman–Crippen LogP) is 3.28. The van der Waals surface area contributed by atoms with Crippen molar-refractivity contribution in [3.05, 3.63) is 51.5 Å². The molecule has 1 aromatic carbocycles. The van der Waals surface area contributed by atoms with Crippen LogP contribution in [0, 0.1) is 5.82 Å². The Kier molecular flexibility index (Phi) is 3.88. The standard InChI is InChI=1S/C11H6BrClFN3O/c12-6-1-2-7(14)9(5-6)15-11(18)8-3-4-10(13)17-16-8/h1-5H,(H,15,18). The van der Waals surface area contributed by atoms with Crippen molar-refractivity contribution >= 4 is 39.1 Å². The summed E-state index contributed by atoms with van der Waals surface area (Å²) in [4.78, 5) is 11.8. The molecule has 92 valence electrons. The van der Waals surface area contributed by atoms with E-state index >= 15 is 0 Å². The molecule has 2 rings (SSSR count). The average Bonchev–Trinajstić information content (AvgIpc) is 2.34. The number of rotatable bonds is 2. The third-order valence-electron chi connectivity index (χ3n) is 2.04. The monoisotopic (exact) mass is 329 g/mol. The van der Waals surface area contributed by atoms with Gasteiger partial charge >= 0.3 is 0 Å². The predicted molar refractivity (Wildman–Crippen MR) is 69.1 cm³/mol. The summed E-state index contributed by atoms with van der Waals surface area (Å²) in [5.41, 5.74) is 0.116. The Labute approximate surface area is 115 Å². The first-order chi connectivity index (χ1) is 8.56. The van der Waals surface area contributed by atoms with Gasteiger partial charge in [0.1, 0.15) is 5.82 Å². The van der Waals surface area contributed by atoms with Gasteiger partial charge in [0.25, 0.3) is 5.91 Å². The molecule has 1 N–H and O–H groups in total. The third kappa shape index (κ3) is 3.02. The van der Waals surface area contributed by atoms with E-state index in [4.69, 9.17) is 11.6 Å². The molecule has 0 bridgehead atoms. The van der Waals surface area contributed by atoms with Crippen molar-refractivity contribution in [1.29, 1.82) is 0 Å². The highest BCUT2D eigenvalue weighted by Gasteiger charge is 2.11. The van der Waals surface area contributed by atoms with Crippen LogP contribution in [0.4, 0.5) is 10.1 Å². The van der Waals surface area contributed by atoms with Crippen LogP contribution in [0.5, 0.6) is 0 Å². The van der Waals surface area contributed by atoms with Crippen molar-refractivity contribution in [2.24, 2.45) is 0 Å². The zero-order valence-electron chi connectivity index (χ0n) is 8.82. The fraction of sp³-hybridized carbons (Fsp3) is 0. The van der Waals surface area contributed by atoms with E-state index in [1.807, 2.05) is 0 Å². The fourth-order valence-electron chi connectivity index (χ4n) is 1.22. The number of nitrogens with one attached hydrogen (secondary N) is 1. The molecule has 0 aliphatic carbocycles. The van der Waals surface area contributed by atoms with Gasteiger partial charge < -0.3 is 5.32 Å². The molecule has 7 heteroatoms. The molecule has 0 radical (unpaired) electrons. The van der Waals surface area contributed by atoms with Crippen LogP contribution < -0.4 is 5.32 Å². The highest BCUT2D eigenvalue weighted by atomic mass is 79.9. The Balaban J connectivity index is 2.21. The fourth-order valence-corrected chi connectivity index (χ4v) is 1.68. The number of anilines is 1. The van der Waals surface area contributed by atoms with Gasteiger partial charge in [-0.15, -0.1) is 10.2 Å². The van der Waals surface area contributed by atoms with Crippen molar-refractivity contribution < 1.29 is 9.18 Å². The van der Waals surface area contributed by atoms with Gasteiger partial charge in [-0.1, -0.05) is 27.5 Å². The van der Waals surface area contributed by atoms with E-state index in [2.05, 4.69) is 31.4 Å². The number of aromatic nitrogens is 2. The molecule has 0 atom stereocenters. The lowest BCUT2D eigenvalue weighted by Crippen LogP contribution is -2.15. The molecule has 0 unspecified atom stereocenters. The molecular formula is C11H6BrClFN3O. The van der Waals surface area contributed by atoms with E-state index in [0.29, 0.717) is 4.47 Å². The van der Waals surface area contributed by atoms with Crippen LogP contribution in [0.2, 0.25) is 5.15 Å². The van der Waals surface area contributed by atoms with Gasteiger partial charge in [0.2, 0.25) is 0 Å². The van der Waals surface area contributed by atoms with E-state index in [1.54, 1.807) is 0 Å². The van der Waals surface area contributed by atoms with E-state index in [9.17, 15) is 9.18 Å². The third-order valence-corrected chi connectivity index (χ3v) is 2.74. The number of nitrogens with zero attached hydrogens (tertiary/aromatic N) is 2. The van der Waals surface area contributed by atoms with Crippen LogP contribution in [0.1, 0.15) is 10.5 Å². The van der Waals surface area contributed by atoms with Crippen LogP contribution >= 0.6 is 27.5 Å². The molecule has 0 spiro atoms. The number of carbonyl (C=O) groups is 1. The van der Waals surface area contributed by atoms with Gasteiger partial charge in [-0.2, -0.15) is 0 Å². The second kappa shape index (κ2) is 5.41. The number of benzene rings is 1. The summed E-state index contributed by atoms with van der Waals surface area (Å²) in [5, 5.41) is 9.71. The summed E-state index contributed by atoms with van der Waals surface area (Å²) in [5.74, 6) is -1.09. The van der Waals surface area contributed by atoms with E-state index in [-0.39, 0.29) is 16.5 Å². The maximum absolute atomic E-state index is 13.4. The van der Waals surface area contributed by atoms with Crippen molar-refractivity contribution in [3.63, 3.8) is 0 Å². The molecule has 4 nitrogen and oxygen atoms in total. The van der Waals surface area contributed by atoms with Crippen LogP contribution in [0.3, 0.4) is 0 Å². The molecule has 0 saturated carbocycles. The lowest BCUT2D eigenvalue weighted by molar-refractivity contribution is 0.102. The molecule has 0 aliphatic heterocycles. The molecule has 0 fully saturated rings. The number of hydrogen-bond donors (Lipinski definition) is 1. The van der Waals surface area contributed by atoms with Crippen molar-refractivity contribution in [2.45, 2.75) is 0 Å². The zero-order valence-corrected chi connectivity index (χ0v) is 11.2. The molecular weight excluding hydrogens is 324 g/mol. The van der Waals surface area contributed by atoms with Gasteiger partial charge in [0.05, 0.1) is 5.69 Å². The summed E-state index contributed by atoms with van der Waals surface area (Å²) < 4.78 is 14.1. The number of amides is 1. The topological polar surface area (TPSA) is 54.9 Å². The summed E-state index contributed by atoms with van der Waals surface area (Å²) in [6.07, 6.45) is 0. The maximum Gasteiger partial charge on any atom is 0.276 e. The minimum atomic E-state index is -0.559. The van der Waals surface area contributed by atoms with Gasteiger partial charge in [0.15, 0.2) is 10.8 Å². The van der Waals surface area contributed by atoms with Gasteiger partial charge in [-0.05, 0) is 30.3 Å². The highest BCUT2D eigenvalue weighted by Crippen LogP contribution is 2.20. The lowest BCUT2D eigenvalue weighted by atomic mass is 10.3. The van der Waals surface area contributed by atoms with E-state index in [1.165, 1.54) is 30.3 Å². The molecule has 1 heterocycles. The Bertz CT molecular complexity index is 591. The molecule has 0 aliphatic rings. The molecule has 2 aromatic rings. The van der Waals surface area contributed by atoms with Gasteiger partial charge in [-0.3, -0.25) is 4.79 Å². The SMILES string of the molecule is O=C(Nc1cc(Br)ccc1F)c1ccc(Cl)nn1. The van der Waals surface area contributed by atoms with Crippen LogP contribution in [0.15, 0.2) is 34.8 Å². The van der Waals surface area contributed by atoms with Crippen molar-refractivity contribution in [2.75, 3.05) is 5.32 Å². The molecule has 18 heavy (non-hydrogen) atoms. The second-order valence-corrected chi connectivity index (χ2v) is 4.62. The van der Waals surface area contributed by atoms with Gasteiger partial charge in [0, 0.05) is 4.47 Å². The Hall–Kier alpha value is -1.53. The summed E-state index contributed by atoms with van der Waals surface area (Å²) in [6.45, 7) is 0. The smallest absolute Gasteiger partial charge is 0.276 e. The Morgan fingerprint density at radius 3 is 2.72 bits per heavy atom. The summed E-state index contributed by atoms with van der Waals surface area (Å²) in [7, 11) is 0. The second-order valence-electron chi connectivity index (χ2n) is 3.32. The van der Waals surface area contributed by atoms with Crippen molar-refractivity contribution in [3.8, 4) is 0 Å². The Morgan fingerprint density at radius 1 is 1.28 bits per heavy atom. The Morgan fingerprint density at radius 2 is 2.06 bits per heavy atom. The van der Waals surface area contributed by atoms with Crippen LogP contribution in [0.25, 0.3) is 0 Å². The quantitative estimate of drug-likeness (QED) is 0.919. The first-order valence-electron chi connectivity index (χ1n) is 4.82. The van der Waals surface area contributed by atoms with Gasteiger partial charge in [-0.25, -0.2) is 4.39 Å². The van der Waals surface area contributed by atoms with Crippen molar-refractivity contribution in [1.82, 2.24) is 10.2 Å².